The molecule has 1 atom stereocenters. The second kappa shape index (κ2) is 8.94. The third kappa shape index (κ3) is 3.68. The van der Waals surface area contributed by atoms with Crippen LogP contribution in [0, 0.1) is 11.3 Å². The maximum absolute atomic E-state index is 9.10. The van der Waals surface area contributed by atoms with Gasteiger partial charge >= 0.3 is 0 Å². The van der Waals surface area contributed by atoms with E-state index in [0.29, 0.717) is 13.0 Å². The zero-order valence-electron chi connectivity index (χ0n) is 17.7. The van der Waals surface area contributed by atoms with Crippen LogP contribution in [-0.2, 0) is 6.61 Å². The number of aromatic nitrogens is 1. The molecular weight excluding hydrogens is 416 g/mol. The number of para-hydroxylation sites is 1. The molecule has 3 aromatic carbocycles. The molecule has 32 heavy (non-hydrogen) atoms. The van der Waals surface area contributed by atoms with Crippen LogP contribution in [-0.4, -0.2) is 17.8 Å². The van der Waals surface area contributed by atoms with Crippen molar-refractivity contribution in [3.63, 3.8) is 0 Å². The molecule has 1 aromatic heterocycles. The molecule has 5 rings (SSSR count). The highest BCUT2D eigenvalue weighted by atomic mass is 32.2. The van der Waals surface area contributed by atoms with Crippen molar-refractivity contribution in [1.82, 2.24) is 4.98 Å². The van der Waals surface area contributed by atoms with Crippen molar-refractivity contribution in [3.05, 3.63) is 89.5 Å². The van der Waals surface area contributed by atoms with Crippen molar-refractivity contribution in [2.45, 2.75) is 18.3 Å². The molecule has 0 N–H and O–H groups in total. The molecule has 0 radical (unpaired) electrons. The Balaban J connectivity index is 1.69. The monoisotopic (exact) mass is 438 g/mol. The summed E-state index contributed by atoms with van der Waals surface area (Å²) in [5.74, 6) is 2.32. The van der Waals surface area contributed by atoms with E-state index in [9.17, 15) is 0 Å². The predicted molar refractivity (Wildman–Crippen MR) is 129 cm³/mol. The van der Waals surface area contributed by atoms with Crippen LogP contribution < -0.4 is 9.47 Å². The number of ether oxygens (including phenoxy) is 2. The predicted octanol–water partition coefficient (Wildman–Crippen LogP) is 6.54. The molecule has 0 amide bonds. The highest BCUT2D eigenvalue weighted by Crippen LogP contribution is 2.51. The standard InChI is InChI=1S/C27H22N2O2S/c1-30-26-21(23-13-11-18-7-3-5-10-22(18)29-23)12-14-24-25(26)27(32-16-6-15-28)20-9-4-2-8-19(20)17-31-24/h2-5,7-14,27H,6,16-17H2,1H3. The van der Waals surface area contributed by atoms with Crippen LogP contribution in [0.15, 0.2) is 72.8 Å². The fraction of sp³-hybridized carbons (Fsp3) is 0.185. The van der Waals surface area contributed by atoms with Crippen LogP contribution in [0.4, 0.5) is 0 Å². The summed E-state index contributed by atoms with van der Waals surface area (Å²) in [6.07, 6.45) is 0.494. The minimum absolute atomic E-state index is 0.00686. The quantitative estimate of drug-likeness (QED) is 0.331. The van der Waals surface area contributed by atoms with E-state index in [-0.39, 0.29) is 5.25 Å². The molecule has 4 aromatic rings. The Morgan fingerprint density at radius 1 is 1.06 bits per heavy atom. The number of nitriles is 1. The zero-order chi connectivity index (χ0) is 21.9. The molecule has 0 saturated carbocycles. The van der Waals surface area contributed by atoms with Gasteiger partial charge in [0.05, 0.1) is 35.2 Å². The van der Waals surface area contributed by atoms with E-state index in [4.69, 9.17) is 19.7 Å². The normalized spacial score (nSPS) is 14.6. The van der Waals surface area contributed by atoms with Crippen LogP contribution in [0.1, 0.15) is 28.4 Å². The van der Waals surface area contributed by atoms with Crippen molar-refractivity contribution in [3.8, 4) is 28.8 Å². The Bertz CT molecular complexity index is 1330. The smallest absolute Gasteiger partial charge is 0.136 e. The SMILES string of the molecule is COc1c(-c2ccc3ccccc3n2)ccc2c1C(SCCC#N)c1ccccc1CO2. The first-order chi connectivity index (χ1) is 15.8. The second-order valence-corrected chi connectivity index (χ2v) is 8.81. The number of rotatable bonds is 5. The van der Waals surface area contributed by atoms with Crippen LogP contribution in [0.2, 0.25) is 0 Å². The van der Waals surface area contributed by atoms with Crippen molar-refractivity contribution in [2.24, 2.45) is 0 Å². The van der Waals surface area contributed by atoms with Crippen LogP contribution >= 0.6 is 11.8 Å². The van der Waals surface area contributed by atoms with Crippen LogP contribution in [0.3, 0.4) is 0 Å². The van der Waals surface area contributed by atoms with Gasteiger partial charge in [-0.3, -0.25) is 0 Å². The van der Waals surface area contributed by atoms with Gasteiger partial charge in [0.15, 0.2) is 0 Å². The van der Waals surface area contributed by atoms with E-state index in [1.165, 1.54) is 5.56 Å². The first-order valence-corrected chi connectivity index (χ1v) is 11.6. The third-order valence-corrected chi connectivity index (χ3v) is 6.98. The van der Waals surface area contributed by atoms with Crippen molar-refractivity contribution in [1.29, 1.82) is 5.26 Å². The molecular formula is C27H22N2O2S. The molecule has 4 nitrogen and oxygen atoms in total. The van der Waals surface area contributed by atoms with Gasteiger partial charge in [0.25, 0.3) is 0 Å². The molecule has 1 aliphatic heterocycles. The first-order valence-electron chi connectivity index (χ1n) is 10.6. The van der Waals surface area contributed by atoms with Gasteiger partial charge in [-0.1, -0.05) is 48.5 Å². The summed E-state index contributed by atoms with van der Waals surface area (Å²) in [4.78, 5) is 4.90. The molecule has 0 aliphatic carbocycles. The first kappa shape index (κ1) is 20.4. The maximum Gasteiger partial charge on any atom is 0.136 e. The van der Waals surface area contributed by atoms with Gasteiger partial charge in [-0.2, -0.15) is 5.26 Å². The summed E-state index contributed by atoms with van der Waals surface area (Å²) < 4.78 is 12.3. The molecule has 0 fully saturated rings. The summed E-state index contributed by atoms with van der Waals surface area (Å²) in [5, 5.41) is 10.2. The maximum atomic E-state index is 9.10. The average Bonchev–Trinajstić information content (AvgIpc) is 3.00. The molecule has 2 heterocycles. The van der Waals surface area contributed by atoms with Gasteiger partial charge in [-0.15, -0.1) is 11.8 Å². The Morgan fingerprint density at radius 3 is 2.78 bits per heavy atom. The lowest BCUT2D eigenvalue weighted by Gasteiger charge is -2.22. The number of methoxy groups -OCH3 is 1. The van der Waals surface area contributed by atoms with Crippen molar-refractivity contribution >= 4 is 22.7 Å². The van der Waals surface area contributed by atoms with Crippen molar-refractivity contribution < 1.29 is 9.47 Å². The summed E-state index contributed by atoms with van der Waals surface area (Å²) in [5.41, 5.74) is 6.12. The largest absolute Gasteiger partial charge is 0.496 e. The Morgan fingerprint density at radius 2 is 1.91 bits per heavy atom. The van der Waals surface area contributed by atoms with Crippen molar-refractivity contribution in [2.75, 3.05) is 12.9 Å². The van der Waals surface area contributed by atoms with Gasteiger partial charge in [0.1, 0.15) is 18.1 Å². The number of fused-ring (bicyclic) bond motifs is 3. The third-order valence-electron chi connectivity index (χ3n) is 5.72. The Kier molecular flexibility index (Phi) is 5.70. The van der Waals surface area contributed by atoms with E-state index >= 15 is 0 Å². The highest BCUT2D eigenvalue weighted by molar-refractivity contribution is 7.99. The summed E-state index contributed by atoms with van der Waals surface area (Å²) in [6, 6.07) is 26.9. The number of thioether (sulfide) groups is 1. The highest BCUT2D eigenvalue weighted by Gasteiger charge is 2.30. The second-order valence-electron chi connectivity index (χ2n) is 7.59. The lowest BCUT2D eigenvalue weighted by atomic mass is 9.96. The van der Waals surface area contributed by atoms with Crippen LogP contribution in [0.25, 0.3) is 22.2 Å². The Labute approximate surface area is 191 Å². The van der Waals surface area contributed by atoms with Crippen LogP contribution in [0.5, 0.6) is 11.5 Å². The summed E-state index contributed by atoms with van der Waals surface area (Å²) >= 11 is 1.75. The Hall–Kier alpha value is -3.49. The number of benzene rings is 3. The fourth-order valence-electron chi connectivity index (χ4n) is 4.22. The topological polar surface area (TPSA) is 55.1 Å². The van der Waals surface area contributed by atoms with E-state index in [2.05, 4.69) is 36.4 Å². The van der Waals surface area contributed by atoms with E-state index in [1.54, 1.807) is 18.9 Å². The molecule has 5 heteroatoms. The molecule has 0 spiro atoms. The minimum atomic E-state index is 0.00686. The van der Waals surface area contributed by atoms with E-state index in [0.717, 1.165) is 50.5 Å². The summed E-state index contributed by atoms with van der Waals surface area (Å²) in [7, 11) is 1.70. The van der Waals surface area contributed by atoms with E-state index < -0.39 is 0 Å². The molecule has 0 saturated heterocycles. The average molecular weight is 439 g/mol. The fourth-order valence-corrected chi connectivity index (χ4v) is 5.47. The molecule has 1 aliphatic rings. The number of hydrogen-bond donors (Lipinski definition) is 0. The zero-order valence-corrected chi connectivity index (χ0v) is 18.6. The molecule has 1 unspecified atom stereocenters. The lowest BCUT2D eigenvalue weighted by molar-refractivity contribution is 0.304. The van der Waals surface area contributed by atoms with Gasteiger partial charge in [-0.25, -0.2) is 4.98 Å². The van der Waals surface area contributed by atoms with Gasteiger partial charge < -0.3 is 9.47 Å². The lowest BCUT2D eigenvalue weighted by Crippen LogP contribution is -2.04. The summed E-state index contributed by atoms with van der Waals surface area (Å²) in [6.45, 7) is 0.509. The van der Waals surface area contributed by atoms with Gasteiger partial charge in [0, 0.05) is 23.1 Å². The van der Waals surface area contributed by atoms with Gasteiger partial charge in [0.2, 0.25) is 0 Å². The number of pyridine rings is 1. The number of nitrogens with zero attached hydrogens (tertiary/aromatic N) is 2. The molecule has 0 bridgehead atoms. The van der Waals surface area contributed by atoms with Gasteiger partial charge in [-0.05, 0) is 35.4 Å². The van der Waals surface area contributed by atoms with E-state index in [1.807, 2.05) is 42.5 Å². The number of hydrogen-bond acceptors (Lipinski definition) is 5. The molecule has 158 valence electrons. The minimum Gasteiger partial charge on any atom is -0.496 e.